The van der Waals surface area contributed by atoms with Gasteiger partial charge in [0.2, 0.25) is 15.9 Å². The van der Waals surface area contributed by atoms with Crippen LogP contribution in [0.15, 0.2) is 41.3 Å². The Kier molecular flexibility index (Phi) is 6.69. The lowest BCUT2D eigenvalue weighted by atomic mass is 10.1. The van der Waals surface area contributed by atoms with E-state index in [0.29, 0.717) is 5.69 Å². The molecule has 0 aliphatic rings. The van der Waals surface area contributed by atoms with Crippen molar-refractivity contribution in [1.29, 1.82) is 0 Å². The van der Waals surface area contributed by atoms with E-state index < -0.39 is 15.9 Å². The van der Waals surface area contributed by atoms with Crippen LogP contribution in [0.2, 0.25) is 10.0 Å². The van der Waals surface area contributed by atoms with E-state index in [0.717, 1.165) is 15.4 Å². The van der Waals surface area contributed by atoms with Crippen molar-refractivity contribution < 1.29 is 13.2 Å². The summed E-state index contributed by atoms with van der Waals surface area (Å²) in [5.74, 6) is -0.430. The van der Waals surface area contributed by atoms with Crippen LogP contribution in [0, 0.1) is 13.8 Å². The fourth-order valence-corrected chi connectivity index (χ4v) is 4.63. The van der Waals surface area contributed by atoms with E-state index in [4.69, 9.17) is 23.2 Å². The highest BCUT2D eigenvalue weighted by Crippen LogP contribution is 2.27. The Hall–Kier alpha value is -1.60. The highest BCUT2D eigenvalue weighted by Gasteiger charge is 2.27. The van der Waals surface area contributed by atoms with Gasteiger partial charge in [0.1, 0.15) is 4.90 Å². The lowest BCUT2D eigenvalue weighted by Gasteiger charge is -2.21. The molecule has 0 unspecified atom stereocenters. The van der Waals surface area contributed by atoms with Gasteiger partial charge < -0.3 is 5.32 Å². The van der Waals surface area contributed by atoms with Crippen molar-refractivity contribution in [3.8, 4) is 0 Å². The first-order valence-electron chi connectivity index (χ1n) is 7.97. The Labute approximate surface area is 164 Å². The van der Waals surface area contributed by atoms with Gasteiger partial charge in [0.15, 0.2) is 0 Å². The van der Waals surface area contributed by atoms with Gasteiger partial charge in [-0.3, -0.25) is 4.79 Å². The predicted octanol–water partition coefficient (Wildman–Crippen LogP) is 4.26. The molecule has 0 saturated carbocycles. The molecule has 2 rings (SSSR count). The van der Waals surface area contributed by atoms with Gasteiger partial charge in [-0.15, -0.1) is 0 Å². The Bertz CT molecular complexity index is 930. The number of likely N-dealkylation sites (N-methyl/N-ethyl adjacent to an activating group) is 1. The molecule has 2 aromatic rings. The second kappa shape index (κ2) is 8.39. The minimum Gasteiger partial charge on any atom is -0.325 e. The van der Waals surface area contributed by atoms with Crippen molar-refractivity contribution in [2.24, 2.45) is 0 Å². The number of benzene rings is 2. The molecular weight excluding hydrogens is 395 g/mol. The summed E-state index contributed by atoms with van der Waals surface area (Å²) in [5.41, 5.74) is 2.63. The van der Waals surface area contributed by atoms with E-state index in [9.17, 15) is 13.2 Å². The summed E-state index contributed by atoms with van der Waals surface area (Å²) in [6.45, 7) is 5.28. The highest BCUT2D eigenvalue weighted by atomic mass is 35.5. The maximum absolute atomic E-state index is 12.8. The molecule has 1 amide bonds. The molecular formula is C18H20Cl2N2O3S. The number of nitrogens with zero attached hydrogens (tertiary/aromatic N) is 1. The van der Waals surface area contributed by atoms with Crippen LogP contribution in [-0.2, 0) is 14.8 Å². The normalized spacial score (nSPS) is 11.6. The molecule has 0 fully saturated rings. The molecule has 0 heterocycles. The van der Waals surface area contributed by atoms with Crippen LogP contribution in [-0.4, -0.2) is 31.7 Å². The Morgan fingerprint density at radius 3 is 2.42 bits per heavy atom. The molecule has 0 radical (unpaired) electrons. The van der Waals surface area contributed by atoms with Gasteiger partial charge in [-0.05, 0) is 43.7 Å². The summed E-state index contributed by atoms with van der Waals surface area (Å²) in [5, 5.41) is 3.06. The summed E-state index contributed by atoms with van der Waals surface area (Å²) in [7, 11) is -3.95. The monoisotopic (exact) mass is 414 g/mol. The largest absolute Gasteiger partial charge is 0.325 e. The SMILES string of the molecule is CCN(CC(=O)Nc1ccc(C)cc1C)S(=O)(=O)c1cc(Cl)ccc1Cl. The van der Waals surface area contributed by atoms with E-state index >= 15 is 0 Å². The first-order chi connectivity index (χ1) is 12.1. The Balaban J connectivity index is 2.22. The van der Waals surface area contributed by atoms with Gasteiger partial charge in [-0.1, -0.05) is 47.8 Å². The number of hydrogen-bond acceptors (Lipinski definition) is 3. The third-order valence-corrected chi connectivity index (χ3v) is 6.48. The quantitative estimate of drug-likeness (QED) is 0.767. The molecule has 0 atom stereocenters. The first-order valence-corrected chi connectivity index (χ1v) is 10.2. The molecule has 0 bridgehead atoms. The average molecular weight is 415 g/mol. The highest BCUT2D eigenvalue weighted by molar-refractivity contribution is 7.89. The molecule has 0 spiro atoms. The molecule has 0 aliphatic heterocycles. The summed E-state index contributed by atoms with van der Waals surface area (Å²) >= 11 is 11.9. The molecule has 0 aromatic heterocycles. The zero-order valence-corrected chi connectivity index (χ0v) is 17.0. The second-order valence-corrected chi connectivity index (χ2v) is 8.62. The van der Waals surface area contributed by atoms with Gasteiger partial charge in [0.25, 0.3) is 0 Å². The van der Waals surface area contributed by atoms with Gasteiger partial charge in [0, 0.05) is 17.3 Å². The van der Waals surface area contributed by atoms with Crippen LogP contribution in [0.1, 0.15) is 18.1 Å². The smallest absolute Gasteiger partial charge is 0.245 e. The molecule has 5 nitrogen and oxygen atoms in total. The number of hydrogen-bond donors (Lipinski definition) is 1. The second-order valence-electron chi connectivity index (χ2n) is 5.87. The fraction of sp³-hybridized carbons (Fsp3) is 0.278. The maximum atomic E-state index is 12.8. The molecule has 1 N–H and O–H groups in total. The van der Waals surface area contributed by atoms with Gasteiger partial charge in [0.05, 0.1) is 11.6 Å². The number of sulfonamides is 1. The number of halogens is 2. The van der Waals surface area contributed by atoms with E-state index in [2.05, 4.69) is 5.32 Å². The molecule has 2 aromatic carbocycles. The zero-order valence-electron chi connectivity index (χ0n) is 14.7. The van der Waals surface area contributed by atoms with Gasteiger partial charge >= 0.3 is 0 Å². The number of nitrogens with one attached hydrogen (secondary N) is 1. The molecule has 8 heteroatoms. The third kappa shape index (κ3) is 4.76. The van der Waals surface area contributed by atoms with Crippen LogP contribution in [0.3, 0.4) is 0 Å². The van der Waals surface area contributed by atoms with E-state index in [1.165, 1.54) is 18.2 Å². The number of amides is 1. The number of carbonyl (C=O) groups excluding carboxylic acids is 1. The van der Waals surface area contributed by atoms with Crippen LogP contribution in [0.4, 0.5) is 5.69 Å². The van der Waals surface area contributed by atoms with Crippen molar-refractivity contribution in [2.75, 3.05) is 18.4 Å². The molecule has 26 heavy (non-hydrogen) atoms. The van der Waals surface area contributed by atoms with E-state index in [1.54, 1.807) is 13.0 Å². The third-order valence-electron chi connectivity index (χ3n) is 3.84. The summed E-state index contributed by atoms with van der Waals surface area (Å²) in [6.07, 6.45) is 0. The van der Waals surface area contributed by atoms with Crippen molar-refractivity contribution in [1.82, 2.24) is 4.31 Å². The minimum atomic E-state index is -3.95. The van der Waals surface area contributed by atoms with Crippen LogP contribution >= 0.6 is 23.2 Å². The zero-order chi connectivity index (χ0) is 19.5. The van der Waals surface area contributed by atoms with Crippen molar-refractivity contribution in [3.63, 3.8) is 0 Å². The van der Waals surface area contributed by atoms with Crippen LogP contribution in [0.25, 0.3) is 0 Å². The fourth-order valence-electron chi connectivity index (χ4n) is 2.48. The van der Waals surface area contributed by atoms with Crippen LogP contribution < -0.4 is 5.32 Å². The average Bonchev–Trinajstić information content (AvgIpc) is 2.57. The topological polar surface area (TPSA) is 66.5 Å². The maximum Gasteiger partial charge on any atom is 0.245 e. The van der Waals surface area contributed by atoms with E-state index in [-0.39, 0.29) is 28.0 Å². The number of rotatable bonds is 6. The Morgan fingerprint density at radius 1 is 1.12 bits per heavy atom. The van der Waals surface area contributed by atoms with E-state index in [1.807, 2.05) is 26.0 Å². The molecule has 0 aliphatic carbocycles. The summed E-state index contributed by atoms with van der Waals surface area (Å²) in [6, 6.07) is 9.82. The molecule has 0 saturated heterocycles. The predicted molar refractivity (Wildman–Crippen MR) is 105 cm³/mol. The number of anilines is 1. The first kappa shape index (κ1) is 20.7. The Morgan fingerprint density at radius 2 is 1.81 bits per heavy atom. The lowest BCUT2D eigenvalue weighted by Crippen LogP contribution is -2.38. The standard InChI is InChI=1S/C18H20Cl2N2O3S/c1-4-22(26(24,25)17-10-14(19)6-7-15(17)20)11-18(23)21-16-8-5-12(2)9-13(16)3/h5-10H,4,11H2,1-3H3,(H,21,23). The lowest BCUT2D eigenvalue weighted by molar-refractivity contribution is -0.116. The number of carbonyl (C=O) groups is 1. The van der Waals surface area contributed by atoms with Gasteiger partial charge in [-0.2, -0.15) is 4.31 Å². The summed E-state index contributed by atoms with van der Waals surface area (Å²) < 4.78 is 26.7. The molecule has 140 valence electrons. The summed E-state index contributed by atoms with van der Waals surface area (Å²) in [4.78, 5) is 12.3. The van der Waals surface area contributed by atoms with Gasteiger partial charge in [-0.25, -0.2) is 8.42 Å². The van der Waals surface area contributed by atoms with Crippen molar-refractivity contribution in [3.05, 3.63) is 57.6 Å². The number of aryl methyl sites for hydroxylation is 2. The van der Waals surface area contributed by atoms with Crippen molar-refractivity contribution in [2.45, 2.75) is 25.7 Å². The van der Waals surface area contributed by atoms with Crippen molar-refractivity contribution >= 4 is 44.8 Å². The minimum absolute atomic E-state index is 0.0580. The van der Waals surface area contributed by atoms with Crippen LogP contribution in [0.5, 0.6) is 0 Å².